The van der Waals surface area contributed by atoms with Gasteiger partial charge in [0, 0.05) is 12.7 Å². The molecule has 1 aromatic heterocycles. The van der Waals surface area contributed by atoms with Gasteiger partial charge < -0.3 is 19.4 Å². The fraction of sp³-hybridized carbons (Fsp3) is 0.375. The Bertz CT molecular complexity index is 1100. The maximum absolute atomic E-state index is 12.3. The number of fused-ring (bicyclic) bond motifs is 1. The topological polar surface area (TPSA) is 78.3 Å². The smallest absolute Gasteiger partial charge is 0.234 e. The summed E-state index contributed by atoms with van der Waals surface area (Å²) in [5.74, 6) is 2.51. The molecule has 0 fully saturated rings. The fourth-order valence-electron chi connectivity index (χ4n) is 3.89. The molecule has 3 aromatic rings. The number of hydrogen-bond acceptors (Lipinski definition) is 6. The number of carbonyl (C=O) groups excluding carboxylic acids is 1. The molecule has 1 heterocycles. The van der Waals surface area contributed by atoms with E-state index >= 15 is 0 Å². The molecule has 1 aliphatic carbocycles. The standard InChI is InChI=1S/C24H28N4O3S/c1-16-20-7-5-4-6-17(20)8-13-21(16)31-14-22-26-27-24(28(22)2)32-15-23(29)25-18-9-11-19(30-3)12-10-18/h8-13H,4-7,14-15H2,1-3H3,(H,25,29). The van der Waals surface area contributed by atoms with E-state index < -0.39 is 0 Å². The summed E-state index contributed by atoms with van der Waals surface area (Å²) in [5.41, 5.74) is 4.84. The lowest BCUT2D eigenvalue weighted by Crippen LogP contribution is -2.14. The van der Waals surface area contributed by atoms with Gasteiger partial charge in [-0.25, -0.2) is 0 Å². The number of nitrogens with zero attached hydrogens (tertiary/aromatic N) is 3. The third-order valence-electron chi connectivity index (χ3n) is 5.76. The number of methoxy groups -OCH3 is 1. The lowest BCUT2D eigenvalue weighted by atomic mass is 9.88. The van der Waals surface area contributed by atoms with E-state index in [1.165, 1.54) is 41.3 Å². The summed E-state index contributed by atoms with van der Waals surface area (Å²) in [6.07, 6.45) is 4.80. The van der Waals surface area contributed by atoms with Crippen molar-refractivity contribution in [2.24, 2.45) is 7.05 Å². The summed E-state index contributed by atoms with van der Waals surface area (Å²) in [6, 6.07) is 11.5. The van der Waals surface area contributed by atoms with Crippen molar-refractivity contribution in [1.29, 1.82) is 0 Å². The Balaban J connectivity index is 1.32. The molecule has 2 aromatic carbocycles. The van der Waals surface area contributed by atoms with Crippen LogP contribution in [0.25, 0.3) is 0 Å². The van der Waals surface area contributed by atoms with Gasteiger partial charge in [0.1, 0.15) is 18.1 Å². The van der Waals surface area contributed by atoms with Crippen LogP contribution >= 0.6 is 11.8 Å². The van der Waals surface area contributed by atoms with Crippen LogP contribution in [0.15, 0.2) is 41.6 Å². The SMILES string of the molecule is COc1ccc(NC(=O)CSc2nnc(COc3ccc4c(c3C)CCCC4)n2C)cc1. The summed E-state index contributed by atoms with van der Waals surface area (Å²) in [6.45, 7) is 2.47. The van der Waals surface area contributed by atoms with Crippen molar-refractivity contribution in [2.75, 3.05) is 18.2 Å². The van der Waals surface area contributed by atoms with E-state index in [1.807, 2.05) is 35.9 Å². The minimum Gasteiger partial charge on any atom is -0.497 e. The van der Waals surface area contributed by atoms with Crippen molar-refractivity contribution >= 4 is 23.4 Å². The van der Waals surface area contributed by atoms with Crippen molar-refractivity contribution in [1.82, 2.24) is 14.8 Å². The highest BCUT2D eigenvalue weighted by Gasteiger charge is 2.16. The van der Waals surface area contributed by atoms with E-state index in [1.54, 1.807) is 7.11 Å². The molecule has 0 atom stereocenters. The monoisotopic (exact) mass is 452 g/mol. The predicted molar refractivity (Wildman–Crippen MR) is 126 cm³/mol. The number of thioether (sulfide) groups is 1. The predicted octanol–water partition coefficient (Wildman–Crippen LogP) is 4.32. The highest BCUT2D eigenvalue weighted by molar-refractivity contribution is 7.99. The van der Waals surface area contributed by atoms with Crippen LogP contribution in [0.1, 0.15) is 35.4 Å². The van der Waals surface area contributed by atoms with Crippen molar-refractivity contribution in [3.8, 4) is 11.5 Å². The Hall–Kier alpha value is -3.00. The fourth-order valence-corrected chi connectivity index (χ4v) is 4.62. The molecule has 0 unspecified atom stereocenters. The summed E-state index contributed by atoms with van der Waals surface area (Å²) in [7, 11) is 3.50. The molecule has 168 valence electrons. The van der Waals surface area contributed by atoms with Gasteiger partial charge in [0.2, 0.25) is 5.91 Å². The van der Waals surface area contributed by atoms with Gasteiger partial charge in [-0.05, 0) is 79.6 Å². The van der Waals surface area contributed by atoms with Crippen LogP contribution in [0.4, 0.5) is 5.69 Å². The second-order valence-electron chi connectivity index (χ2n) is 7.85. The Morgan fingerprint density at radius 2 is 1.91 bits per heavy atom. The minimum absolute atomic E-state index is 0.106. The number of carbonyl (C=O) groups is 1. The van der Waals surface area contributed by atoms with Gasteiger partial charge in [0.25, 0.3) is 0 Å². The zero-order valence-corrected chi connectivity index (χ0v) is 19.5. The van der Waals surface area contributed by atoms with Crippen LogP contribution < -0.4 is 14.8 Å². The Labute approximate surface area is 192 Å². The Kier molecular flexibility index (Phi) is 6.99. The van der Waals surface area contributed by atoms with E-state index in [9.17, 15) is 4.79 Å². The number of anilines is 1. The molecule has 0 spiro atoms. The molecule has 8 heteroatoms. The quantitative estimate of drug-likeness (QED) is 0.513. The van der Waals surface area contributed by atoms with Crippen LogP contribution in [-0.4, -0.2) is 33.5 Å². The summed E-state index contributed by atoms with van der Waals surface area (Å²) >= 11 is 1.34. The van der Waals surface area contributed by atoms with Crippen LogP contribution in [0.3, 0.4) is 0 Å². The largest absolute Gasteiger partial charge is 0.497 e. The lowest BCUT2D eigenvalue weighted by molar-refractivity contribution is -0.113. The first-order valence-corrected chi connectivity index (χ1v) is 11.7. The first kappa shape index (κ1) is 22.2. The number of benzene rings is 2. The molecular formula is C24H28N4O3S. The molecule has 0 radical (unpaired) electrons. The number of aryl methyl sites for hydroxylation is 1. The number of hydrogen-bond donors (Lipinski definition) is 1. The van der Waals surface area contributed by atoms with Crippen molar-refractivity contribution < 1.29 is 14.3 Å². The van der Waals surface area contributed by atoms with Crippen molar-refractivity contribution in [3.05, 3.63) is 58.9 Å². The molecule has 32 heavy (non-hydrogen) atoms. The Morgan fingerprint density at radius 3 is 2.69 bits per heavy atom. The van der Waals surface area contributed by atoms with Gasteiger partial charge in [-0.2, -0.15) is 0 Å². The summed E-state index contributed by atoms with van der Waals surface area (Å²) in [5, 5.41) is 12.0. The van der Waals surface area contributed by atoms with E-state index in [-0.39, 0.29) is 11.7 Å². The van der Waals surface area contributed by atoms with Gasteiger partial charge in [-0.3, -0.25) is 4.79 Å². The molecule has 0 saturated carbocycles. The molecule has 0 bridgehead atoms. The minimum atomic E-state index is -0.106. The van der Waals surface area contributed by atoms with Gasteiger partial charge in [-0.15, -0.1) is 10.2 Å². The zero-order valence-electron chi connectivity index (χ0n) is 18.7. The lowest BCUT2D eigenvalue weighted by Gasteiger charge is -2.20. The highest BCUT2D eigenvalue weighted by Crippen LogP contribution is 2.31. The first-order chi connectivity index (χ1) is 15.5. The van der Waals surface area contributed by atoms with Gasteiger partial charge in [0.15, 0.2) is 11.0 Å². The second kappa shape index (κ2) is 10.1. The molecule has 0 aliphatic heterocycles. The summed E-state index contributed by atoms with van der Waals surface area (Å²) in [4.78, 5) is 12.3. The molecule has 1 aliphatic rings. The maximum atomic E-state index is 12.3. The van der Waals surface area contributed by atoms with Crippen LogP contribution in [0, 0.1) is 6.92 Å². The number of rotatable bonds is 8. The van der Waals surface area contributed by atoms with E-state index in [4.69, 9.17) is 9.47 Å². The third-order valence-corrected chi connectivity index (χ3v) is 6.78. The van der Waals surface area contributed by atoms with E-state index in [0.717, 1.165) is 35.9 Å². The zero-order chi connectivity index (χ0) is 22.5. The molecular weight excluding hydrogens is 424 g/mol. The van der Waals surface area contributed by atoms with Crippen LogP contribution in [-0.2, 0) is 31.3 Å². The molecule has 0 saturated heterocycles. The molecule has 1 N–H and O–H groups in total. The van der Waals surface area contributed by atoms with Crippen LogP contribution in [0.5, 0.6) is 11.5 Å². The van der Waals surface area contributed by atoms with Gasteiger partial charge in [-0.1, -0.05) is 17.8 Å². The Morgan fingerprint density at radius 1 is 1.12 bits per heavy atom. The normalized spacial score (nSPS) is 12.8. The highest BCUT2D eigenvalue weighted by atomic mass is 32.2. The molecule has 4 rings (SSSR count). The molecule has 7 nitrogen and oxygen atoms in total. The summed E-state index contributed by atoms with van der Waals surface area (Å²) < 4.78 is 13.1. The number of aromatic nitrogens is 3. The van der Waals surface area contributed by atoms with Crippen molar-refractivity contribution in [2.45, 2.75) is 44.4 Å². The van der Waals surface area contributed by atoms with Gasteiger partial charge in [0.05, 0.1) is 12.9 Å². The first-order valence-electron chi connectivity index (χ1n) is 10.7. The number of amides is 1. The maximum Gasteiger partial charge on any atom is 0.234 e. The van der Waals surface area contributed by atoms with E-state index in [0.29, 0.717) is 11.8 Å². The van der Waals surface area contributed by atoms with Crippen LogP contribution in [0.2, 0.25) is 0 Å². The second-order valence-corrected chi connectivity index (χ2v) is 8.79. The number of ether oxygens (including phenoxy) is 2. The average Bonchev–Trinajstić information content (AvgIpc) is 3.17. The average molecular weight is 453 g/mol. The molecule has 1 amide bonds. The van der Waals surface area contributed by atoms with E-state index in [2.05, 4.69) is 34.6 Å². The number of nitrogens with one attached hydrogen (secondary N) is 1. The van der Waals surface area contributed by atoms with Crippen molar-refractivity contribution in [3.63, 3.8) is 0 Å². The third kappa shape index (κ3) is 5.07. The van der Waals surface area contributed by atoms with Gasteiger partial charge >= 0.3 is 0 Å².